The van der Waals surface area contributed by atoms with Gasteiger partial charge in [-0.25, -0.2) is 8.42 Å². The van der Waals surface area contributed by atoms with Crippen LogP contribution in [0.1, 0.15) is 35.7 Å². The van der Waals surface area contributed by atoms with Gasteiger partial charge in [0.25, 0.3) is 5.91 Å². The summed E-state index contributed by atoms with van der Waals surface area (Å²) in [6.07, 6.45) is 5.23. The standard InChI is InChI=1S/C19H23N3O3S/c1-2-15-3-5-18(6-4-15)26(24,25)22-13-9-17(10-14-22)21-19(23)16-7-11-20-12-8-16/h3-8,11-12,17H,2,9-10,13-14H2,1H3,(H,21,23). The first-order chi connectivity index (χ1) is 12.5. The zero-order valence-corrected chi connectivity index (χ0v) is 15.6. The van der Waals surface area contributed by atoms with Gasteiger partial charge in [-0.05, 0) is 49.1 Å². The van der Waals surface area contributed by atoms with Crippen LogP contribution in [0.25, 0.3) is 0 Å². The van der Waals surface area contributed by atoms with Crippen LogP contribution in [0.2, 0.25) is 0 Å². The van der Waals surface area contributed by atoms with E-state index in [1.807, 2.05) is 19.1 Å². The van der Waals surface area contributed by atoms with Gasteiger partial charge in [-0.1, -0.05) is 19.1 Å². The smallest absolute Gasteiger partial charge is 0.251 e. The summed E-state index contributed by atoms with van der Waals surface area (Å²) in [4.78, 5) is 16.4. The van der Waals surface area contributed by atoms with Crippen LogP contribution in [-0.2, 0) is 16.4 Å². The lowest BCUT2D eigenvalue weighted by molar-refractivity contribution is 0.0923. The Morgan fingerprint density at radius 1 is 1.12 bits per heavy atom. The molecule has 0 spiro atoms. The van der Waals surface area contributed by atoms with Gasteiger partial charge in [0.05, 0.1) is 4.90 Å². The van der Waals surface area contributed by atoms with E-state index in [1.54, 1.807) is 36.7 Å². The van der Waals surface area contributed by atoms with Crippen molar-refractivity contribution in [2.75, 3.05) is 13.1 Å². The predicted octanol–water partition coefficient (Wildman–Crippen LogP) is 2.23. The normalized spacial score (nSPS) is 16.3. The van der Waals surface area contributed by atoms with Crippen LogP contribution in [0.3, 0.4) is 0 Å². The first-order valence-corrected chi connectivity index (χ1v) is 10.2. The molecule has 1 saturated heterocycles. The molecule has 1 aromatic heterocycles. The first kappa shape index (κ1) is 18.5. The maximum Gasteiger partial charge on any atom is 0.251 e. The first-order valence-electron chi connectivity index (χ1n) is 8.80. The molecule has 0 unspecified atom stereocenters. The SMILES string of the molecule is CCc1ccc(S(=O)(=O)N2CCC(NC(=O)c3ccncc3)CC2)cc1. The summed E-state index contributed by atoms with van der Waals surface area (Å²) in [6.45, 7) is 2.84. The maximum absolute atomic E-state index is 12.8. The van der Waals surface area contributed by atoms with Crippen LogP contribution in [0.15, 0.2) is 53.7 Å². The van der Waals surface area contributed by atoms with Crippen molar-refractivity contribution < 1.29 is 13.2 Å². The number of carbonyl (C=O) groups excluding carboxylic acids is 1. The minimum Gasteiger partial charge on any atom is -0.349 e. The van der Waals surface area contributed by atoms with Crippen LogP contribution < -0.4 is 5.32 Å². The van der Waals surface area contributed by atoms with Crippen molar-refractivity contribution in [3.05, 3.63) is 59.9 Å². The Morgan fingerprint density at radius 2 is 1.73 bits per heavy atom. The van der Waals surface area contributed by atoms with Gasteiger partial charge in [-0.15, -0.1) is 0 Å². The van der Waals surface area contributed by atoms with Crippen molar-refractivity contribution in [3.8, 4) is 0 Å². The minimum absolute atomic E-state index is 0.0235. The molecule has 2 heterocycles. The number of piperidine rings is 1. The molecule has 1 aliphatic heterocycles. The average molecular weight is 373 g/mol. The van der Waals surface area contributed by atoms with Crippen LogP contribution in [-0.4, -0.2) is 42.7 Å². The van der Waals surface area contributed by atoms with Gasteiger partial charge in [0, 0.05) is 37.1 Å². The number of aryl methyl sites for hydroxylation is 1. The molecule has 0 bridgehead atoms. The minimum atomic E-state index is -3.48. The van der Waals surface area contributed by atoms with Gasteiger partial charge in [0.2, 0.25) is 10.0 Å². The van der Waals surface area contributed by atoms with Crippen molar-refractivity contribution in [3.63, 3.8) is 0 Å². The van der Waals surface area contributed by atoms with E-state index in [0.717, 1.165) is 12.0 Å². The molecule has 1 N–H and O–H groups in total. The molecule has 1 amide bonds. The Hall–Kier alpha value is -2.25. The van der Waals surface area contributed by atoms with Crippen molar-refractivity contribution in [1.82, 2.24) is 14.6 Å². The number of hydrogen-bond donors (Lipinski definition) is 1. The van der Waals surface area contributed by atoms with E-state index in [4.69, 9.17) is 0 Å². The number of nitrogens with zero attached hydrogens (tertiary/aromatic N) is 2. The van der Waals surface area contributed by atoms with Crippen LogP contribution in [0, 0.1) is 0 Å². The highest BCUT2D eigenvalue weighted by atomic mass is 32.2. The summed E-state index contributed by atoms with van der Waals surface area (Å²) in [6, 6.07) is 10.4. The summed E-state index contributed by atoms with van der Waals surface area (Å²) < 4.78 is 27.0. The number of rotatable bonds is 5. The maximum atomic E-state index is 12.8. The molecule has 0 aliphatic carbocycles. The molecule has 1 aromatic carbocycles. The second-order valence-corrected chi connectivity index (χ2v) is 8.32. The molecule has 0 saturated carbocycles. The number of nitrogens with one attached hydrogen (secondary N) is 1. The summed E-state index contributed by atoms with van der Waals surface area (Å²) in [5, 5.41) is 2.97. The van der Waals surface area contributed by atoms with Crippen molar-refractivity contribution in [2.45, 2.75) is 37.1 Å². The molecule has 2 aromatic rings. The fourth-order valence-corrected chi connectivity index (χ4v) is 4.53. The molecule has 7 heteroatoms. The van der Waals surface area contributed by atoms with E-state index < -0.39 is 10.0 Å². The van der Waals surface area contributed by atoms with E-state index in [9.17, 15) is 13.2 Å². The van der Waals surface area contributed by atoms with Gasteiger partial charge in [0.15, 0.2) is 0 Å². The Kier molecular flexibility index (Phi) is 5.68. The van der Waals surface area contributed by atoms with Crippen molar-refractivity contribution >= 4 is 15.9 Å². The number of amides is 1. The van der Waals surface area contributed by atoms with Crippen LogP contribution >= 0.6 is 0 Å². The highest BCUT2D eigenvalue weighted by molar-refractivity contribution is 7.89. The van der Waals surface area contributed by atoms with E-state index in [2.05, 4.69) is 10.3 Å². The quantitative estimate of drug-likeness (QED) is 0.872. The second-order valence-electron chi connectivity index (χ2n) is 6.39. The van der Waals surface area contributed by atoms with Gasteiger partial charge in [0.1, 0.15) is 0 Å². The number of carbonyl (C=O) groups is 1. The second kappa shape index (κ2) is 7.97. The number of aromatic nitrogens is 1. The predicted molar refractivity (Wildman–Crippen MR) is 99.3 cm³/mol. The zero-order chi connectivity index (χ0) is 18.6. The van der Waals surface area contributed by atoms with Gasteiger partial charge < -0.3 is 5.32 Å². The van der Waals surface area contributed by atoms with Gasteiger partial charge in [-0.3, -0.25) is 9.78 Å². The molecule has 1 aliphatic rings. The van der Waals surface area contributed by atoms with Crippen LogP contribution in [0.4, 0.5) is 0 Å². The van der Waals surface area contributed by atoms with Crippen molar-refractivity contribution in [2.24, 2.45) is 0 Å². The third-order valence-electron chi connectivity index (χ3n) is 4.70. The summed E-state index contributed by atoms with van der Waals surface area (Å²) in [5.41, 5.74) is 1.67. The molecular weight excluding hydrogens is 350 g/mol. The lowest BCUT2D eigenvalue weighted by atomic mass is 10.1. The Balaban J connectivity index is 1.59. The van der Waals surface area contributed by atoms with Gasteiger partial charge in [-0.2, -0.15) is 4.31 Å². The molecule has 1 fully saturated rings. The molecule has 6 nitrogen and oxygen atoms in total. The fourth-order valence-electron chi connectivity index (χ4n) is 3.06. The lowest BCUT2D eigenvalue weighted by Gasteiger charge is -2.31. The number of sulfonamides is 1. The Morgan fingerprint density at radius 3 is 2.31 bits per heavy atom. The highest BCUT2D eigenvalue weighted by Crippen LogP contribution is 2.21. The third kappa shape index (κ3) is 4.11. The third-order valence-corrected chi connectivity index (χ3v) is 6.61. The number of benzene rings is 1. The Labute approximate surface area is 154 Å². The molecule has 138 valence electrons. The largest absolute Gasteiger partial charge is 0.349 e. The monoisotopic (exact) mass is 373 g/mol. The average Bonchev–Trinajstić information content (AvgIpc) is 2.69. The van der Waals surface area contributed by atoms with E-state index >= 15 is 0 Å². The van der Waals surface area contributed by atoms with E-state index in [0.29, 0.717) is 36.4 Å². The number of pyridine rings is 1. The zero-order valence-electron chi connectivity index (χ0n) is 14.8. The number of hydrogen-bond acceptors (Lipinski definition) is 4. The topological polar surface area (TPSA) is 79.4 Å². The van der Waals surface area contributed by atoms with E-state index in [-0.39, 0.29) is 11.9 Å². The molecule has 26 heavy (non-hydrogen) atoms. The van der Waals surface area contributed by atoms with Gasteiger partial charge >= 0.3 is 0 Å². The summed E-state index contributed by atoms with van der Waals surface area (Å²) in [5.74, 6) is -0.149. The highest BCUT2D eigenvalue weighted by Gasteiger charge is 2.30. The molecule has 3 rings (SSSR count). The summed E-state index contributed by atoms with van der Waals surface area (Å²) in [7, 11) is -3.48. The van der Waals surface area contributed by atoms with Crippen molar-refractivity contribution in [1.29, 1.82) is 0 Å². The Bertz CT molecular complexity index is 843. The van der Waals surface area contributed by atoms with E-state index in [1.165, 1.54) is 4.31 Å². The fraction of sp³-hybridized carbons (Fsp3) is 0.368. The molecular formula is C19H23N3O3S. The molecule has 0 atom stereocenters. The van der Waals surface area contributed by atoms with Crippen LogP contribution in [0.5, 0.6) is 0 Å². The summed E-state index contributed by atoms with van der Waals surface area (Å²) >= 11 is 0. The lowest BCUT2D eigenvalue weighted by Crippen LogP contribution is -2.46. The molecule has 0 radical (unpaired) electrons.